The fourth-order valence-electron chi connectivity index (χ4n) is 2.93. The van der Waals surface area contributed by atoms with Gasteiger partial charge in [0.1, 0.15) is 5.75 Å². The molecule has 0 radical (unpaired) electrons. The number of anilines is 1. The second-order valence-electron chi connectivity index (χ2n) is 6.27. The molecule has 8 nitrogen and oxygen atoms in total. The van der Waals surface area contributed by atoms with Crippen molar-refractivity contribution in [3.05, 3.63) is 66.7 Å². The van der Waals surface area contributed by atoms with E-state index in [1.807, 2.05) is 0 Å². The van der Waals surface area contributed by atoms with Crippen molar-refractivity contribution >= 4 is 27.5 Å². The zero-order valence-corrected chi connectivity index (χ0v) is 16.6. The van der Waals surface area contributed by atoms with Gasteiger partial charge in [-0.25, -0.2) is 13.1 Å². The molecule has 1 aliphatic heterocycles. The number of hydrogen-bond donors (Lipinski definition) is 2. The number of nitrogens with zero attached hydrogens (tertiary/aromatic N) is 1. The number of para-hydroxylation sites is 2. The summed E-state index contributed by atoms with van der Waals surface area (Å²) in [6, 6.07) is 12.6. The molecule has 0 fully saturated rings. The topological polar surface area (TPSA) is 105 Å². The molecule has 2 aromatic rings. The standard InChI is InChI=1S/C20H21N3O5S/c1-3-11-22-29(26,27)15-8-6-7-14(12-15)20(25)23-13-18(19(24)21-2)28-17-10-5-4-9-16(17)23/h3-10,12,18,22H,1,11,13H2,2H3,(H,21,24)/t18-/m1/s1. The van der Waals surface area contributed by atoms with Crippen LogP contribution in [0.3, 0.4) is 0 Å². The molecule has 3 rings (SSSR count). The number of rotatable bonds is 6. The third kappa shape index (κ3) is 4.30. The van der Waals surface area contributed by atoms with E-state index in [2.05, 4.69) is 16.6 Å². The normalized spacial score (nSPS) is 15.8. The smallest absolute Gasteiger partial charge is 0.262 e. The fourth-order valence-corrected chi connectivity index (χ4v) is 3.97. The maximum atomic E-state index is 13.2. The molecule has 0 aliphatic carbocycles. The molecule has 1 heterocycles. The van der Waals surface area contributed by atoms with Crippen LogP contribution in [0.5, 0.6) is 5.75 Å². The lowest BCUT2D eigenvalue weighted by Gasteiger charge is -2.34. The number of carbonyl (C=O) groups is 2. The van der Waals surface area contributed by atoms with Crippen LogP contribution in [0.15, 0.2) is 66.1 Å². The van der Waals surface area contributed by atoms with Gasteiger partial charge in [0.25, 0.3) is 11.8 Å². The van der Waals surface area contributed by atoms with Crippen LogP contribution in [0.2, 0.25) is 0 Å². The minimum absolute atomic E-state index is 0.00120. The summed E-state index contributed by atoms with van der Waals surface area (Å²) < 4.78 is 32.8. The Bertz CT molecular complexity index is 1050. The van der Waals surface area contributed by atoms with E-state index in [0.717, 1.165) is 0 Å². The fraction of sp³-hybridized carbons (Fsp3) is 0.200. The van der Waals surface area contributed by atoms with Gasteiger partial charge in [0, 0.05) is 19.2 Å². The average Bonchev–Trinajstić information content (AvgIpc) is 2.76. The minimum Gasteiger partial charge on any atom is -0.477 e. The van der Waals surface area contributed by atoms with Crippen LogP contribution in [0, 0.1) is 0 Å². The highest BCUT2D eigenvalue weighted by Crippen LogP contribution is 2.34. The SMILES string of the molecule is C=CCNS(=O)(=O)c1cccc(C(=O)N2C[C@H](C(=O)NC)Oc3ccccc32)c1. The van der Waals surface area contributed by atoms with Gasteiger partial charge in [-0.3, -0.25) is 9.59 Å². The molecule has 1 aliphatic rings. The molecule has 2 amide bonds. The first-order valence-corrected chi connectivity index (χ1v) is 10.4. The van der Waals surface area contributed by atoms with Gasteiger partial charge < -0.3 is 15.0 Å². The van der Waals surface area contributed by atoms with E-state index >= 15 is 0 Å². The number of amides is 2. The van der Waals surface area contributed by atoms with Crippen LogP contribution in [0.1, 0.15) is 10.4 Å². The number of carbonyl (C=O) groups excluding carboxylic acids is 2. The zero-order valence-electron chi connectivity index (χ0n) is 15.8. The summed E-state index contributed by atoms with van der Waals surface area (Å²) in [6.45, 7) is 3.56. The number of likely N-dealkylation sites (N-methyl/N-ethyl adjacent to an activating group) is 1. The number of ether oxygens (including phenoxy) is 1. The van der Waals surface area contributed by atoms with E-state index in [4.69, 9.17) is 4.74 Å². The first-order chi connectivity index (χ1) is 13.9. The van der Waals surface area contributed by atoms with E-state index in [1.54, 1.807) is 24.3 Å². The molecule has 152 valence electrons. The quantitative estimate of drug-likeness (QED) is 0.692. The van der Waals surface area contributed by atoms with Crippen LogP contribution in [0.25, 0.3) is 0 Å². The van der Waals surface area contributed by atoms with E-state index in [0.29, 0.717) is 11.4 Å². The molecule has 1 atom stereocenters. The molecule has 2 aromatic carbocycles. The molecule has 0 saturated heterocycles. The summed E-state index contributed by atoms with van der Waals surface area (Å²) in [5.41, 5.74) is 0.689. The lowest BCUT2D eigenvalue weighted by atomic mass is 10.1. The summed E-state index contributed by atoms with van der Waals surface area (Å²) in [5, 5.41) is 2.52. The molecule has 0 unspecified atom stereocenters. The minimum atomic E-state index is -3.78. The summed E-state index contributed by atoms with van der Waals surface area (Å²) in [7, 11) is -2.29. The second-order valence-corrected chi connectivity index (χ2v) is 8.04. The highest BCUT2D eigenvalue weighted by atomic mass is 32.2. The number of benzene rings is 2. The van der Waals surface area contributed by atoms with Crippen molar-refractivity contribution < 1.29 is 22.7 Å². The van der Waals surface area contributed by atoms with Crippen LogP contribution in [-0.2, 0) is 14.8 Å². The van der Waals surface area contributed by atoms with Gasteiger partial charge in [0.15, 0.2) is 6.10 Å². The summed E-state index contributed by atoms with van der Waals surface area (Å²) in [6.07, 6.45) is 0.552. The molecule has 2 N–H and O–H groups in total. The van der Waals surface area contributed by atoms with Crippen molar-refractivity contribution in [2.75, 3.05) is 25.0 Å². The van der Waals surface area contributed by atoms with Gasteiger partial charge in [-0.2, -0.15) is 0 Å². The van der Waals surface area contributed by atoms with Crippen LogP contribution >= 0.6 is 0 Å². The average molecular weight is 415 g/mol. The van der Waals surface area contributed by atoms with Crippen LogP contribution in [-0.4, -0.2) is 46.5 Å². The highest BCUT2D eigenvalue weighted by molar-refractivity contribution is 7.89. The summed E-state index contributed by atoms with van der Waals surface area (Å²) >= 11 is 0. The van der Waals surface area contributed by atoms with Gasteiger partial charge in [0.05, 0.1) is 17.1 Å². The van der Waals surface area contributed by atoms with Gasteiger partial charge in [0.2, 0.25) is 10.0 Å². The number of nitrogens with one attached hydrogen (secondary N) is 2. The Morgan fingerprint density at radius 3 is 2.72 bits per heavy atom. The highest BCUT2D eigenvalue weighted by Gasteiger charge is 2.34. The zero-order chi connectivity index (χ0) is 21.0. The van der Waals surface area contributed by atoms with Crippen molar-refractivity contribution in [3.8, 4) is 5.75 Å². The monoisotopic (exact) mass is 415 g/mol. The maximum Gasteiger partial charge on any atom is 0.262 e. The first kappa shape index (κ1) is 20.6. The van der Waals surface area contributed by atoms with E-state index < -0.39 is 22.0 Å². The molecule has 0 bridgehead atoms. The lowest BCUT2D eigenvalue weighted by molar-refractivity contribution is -0.127. The van der Waals surface area contributed by atoms with E-state index in [-0.39, 0.29) is 29.5 Å². The molecule has 0 spiro atoms. The van der Waals surface area contributed by atoms with Crippen molar-refractivity contribution in [1.29, 1.82) is 0 Å². The molecule has 9 heteroatoms. The van der Waals surface area contributed by atoms with Crippen molar-refractivity contribution in [2.24, 2.45) is 0 Å². The molecular weight excluding hydrogens is 394 g/mol. The Labute approximate surface area is 169 Å². The third-order valence-electron chi connectivity index (χ3n) is 4.37. The Kier molecular flexibility index (Phi) is 6.00. The number of sulfonamides is 1. The number of hydrogen-bond acceptors (Lipinski definition) is 5. The van der Waals surface area contributed by atoms with Crippen molar-refractivity contribution in [2.45, 2.75) is 11.0 Å². The Morgan fingerprint density at radius 1 is 1.24 bits per heavy atom. The van der Waals surface area contributed by atoms with E-state index in [1.165, 1.54) is 42.3 Å². The first-order valence-electron chi connectivity index (χ1n) is 8.87. The Morgan fingerprint density at radius 2 is 2.00 bits per heavy atom. The molecular formula is C20H21N3O5S. The third-order valence-corrected chi connectivity index (χ3v) is 5.79. The van der Waals surface area contributed by atoms with Crippen molar-refractivity contribution in [1.82, 2.24) is 10.0 Å². The summed E-state index contributed by atoms with van der Waals surface area (Å²) in [4.78, 5) is 26.7. The summed E-state index contributed by atoms with van der Waals surface area (Å²) in [5.74, 6) is -0.394. The molecule has 0 saturated carbocycles. The predicted molar refractivity (Wildman–Crippen MR) is 108 cm³/mol. The predicted octanol–water partition coefficient (Wildman–Crippen LogP) is 1.30. The number of fused-ring (bicyclic) bond motifs is 1. The van der Waals surface area contributed by atoms with Gasteiger partial charge >= 0.3 is 0 Å². The molecule has 29 heavy (non-hydrogen) atoms. The Hall–Kier alpha value is -3.17. The second kappa shape index (κ2) is 8.46. The van der Waals surface area contributed by atoms with Crippen molar-refractivity contribution in [3.63, 3.8) is 0 Å². The van der Waals surface area contributed by atoms with E-state index in [9.17, 15) is 18.0 Å². The van der Waals surface area contributed by atoms with Gasteiger partial charge in [-0.05, 0) is 30.3 Å². The van der Waals surface area contributed by atoms with Gasteiger partial charge in [-0.1, -0.05) is 24.3 Å². The van der Waals surface area contributed by atoms with Gasteiger partial charge in [-0.15, -0.1) is 6.58 Å². The Balaban J connectivity index is 1.96. The maximum absolute atomic E-state index is 13.2. The lowest BCUT2D eigenvalue weighted by Crippen LogP contribution is -2.50. The molecule has 0 aromatic heterocycles. The van der Waals surface area contributed by atoms with Crippen LogP contribution < -0.4 is 19.7 Å². The van der Waals surface area contributed by atoms with Crippen LogP contribution in [0.4, 0.5) is 5.69 Å². The largest absolute Gasteiger partial charge is 0.477 e.